The number of nitrogens with zero attached hydrogens (tertiary/aromatic N) is 4. The minimum absolute atomic E-state index is 0.0553. The van der Waals surface area contributed by atoms with E-state index in [1.54, 1.807) is 14.2 Å². The van der Waals surface area contributed by atoms with Crippen LogP contribution in [0.5, 0.6) is 0 Å². The van der Waals surface area contributed by atoms with Gasteiger partial charge in [-0.25, -0.2) is 0 Å². The maximum Gasteiger partial charge on any atom is 0.289 e. The lowest BCUT2D eigenvalue weighted by Gasteiger charge is -2.19. The Balaban J connectivity index is 2.20. The van der Waals surface area contributed by atoms with Gasteiger partial charge in [0.05, 0.1) is 6.10 Å². The highest BCUT2D eigenvalue weighted by Crippen LogP contribution is 2.21. The van der Waals surface area contributed by atoms with Crippen LogP contribution in [0, 0.1) is 0 Å². The Hall–Kier alpha value is -1.67. The molecule has 8 nitrogen and oxygen atoms in total. The van der Waals surface area contributed by atoms with Crippen LogP contribution in [-0.2, 0) is 16.0 Å². The molecule has 1 fully saturated rings. The van der Waals surface area contributed by atoms with Crippen molar-refractivity contribution in [2.75, 3.05) is 38.8 Å². The van der Waals surface area contributed by atoms with E-state index >= 15 is 0 Å². The van der Waals surface area contributed by atoms with Gasteiger partial charge in [-0.15, -0.1) is 10.2 Å². The molecule has 0 unspecified atom stereocenters. The van der Waals surface area contributed by atoms with E-state index in [1.807, 2.05) is 18.4 Å². The first kappa shape index (κ1) is 17.7. The van der Waals surface area contributed by atoms with E-state index in [2.05, 4.69) is 20.4 Å². The number of rotatable bonds is 8. The normalized spacial score (nSPS) is 18.0. The number of anilines is 1. The lowest BCUT2D eigenvalue weighted by atomic mass is 10.3. The van der Waals surface area contributed by atoms with Crippen molar-refractivity contribution in [2.24, 2.45) is 0 Å². The van der Waals surface area contributed by atoms with Crippen molar-refractivity contribution in [2.45, 2.75) is 45.4 Å². The maximum atomic E-state index is 12.3. The highest BCUT2D eigenvalue weighted by atomic mass is 16.5. The van der Waals surface area contributed by atoms with Gasteiger partial charge in [0.25, 0.3) is 5.91 Å². The molecule has 2 rings (SSSR count). The summed E-state index contributed by atoms with van der Waals surface area (Å²) in [7, 11) is 3.39. The molecule has 1 aromatic rings. The summed E-state index contributed by atoms with van der Waals surface area (Å²) in [5.41, 5.74) is 0. The maximum absolute atomic E-state index is 12.3. The molecule has 1 amide bonds. The Bertz CT molecular complexity index is 517. The van der Waals surface area contributed by atoms with Crippen LogP contribution in [0.1, 0.15) is 37.3 Å². The van der Waals surface area contributed by atoms with Crippen molar-refractivity contribution in [3.8, 4) is 0 Å². The van der Waals surface area contributed by atoms with Gasteiger partial charge in [-0.1, -0.05) is 0 Å². The molecule has 0 spiro atoms. The van der Waals surface area contributed by atoms with Gasteiger partial charge < -0.3 is 19.7 Å². The van der Waals surface area contributed by atoms with E-state index in [-0.39, 0.29) is 18.1 Å². The summed E-state index contributed by atoms with van der Waals surface area (Å²) in [6, 6.07) is 0.0553. The SMILES string of the molecule is COCCCn1c(C(=O)NC(C)C)nnc1N1CC[C@@H](OC)C1. The minimum Gasteiger partial charge on any atom is -0.385 e. The molecule has 130 valence electrons. The summed E-state index contributed by atoms with van der Waals surface area (Å²) in [5, 5.41) is 11.3. The molecule has 8 heteroatoms. The average Bonchev–Trinajstić information content (AvgIpc) is 3.12. The van der Waals surface area contributed by atoms with Crippen LogP contribution in [0.3, 0.4) is 0 Å². The molecule has 2 heterocycles. The van der Waals surface area contributed by atoms with Gasteiger partial charge in [0, 0.05) is 46.5 Å². The van der Waals surface area contributed by atoms with E-state index in [1.165, 1.54) is 0 Å². The van der Waals surface area contributed by atoms with Crippen LogP contribution in [-0.4, -0.2) is 66.7 Å². The van der Waals surface area contributed by atoms with Crippen LogP contribution in [0.2, 0.25) is 0 Å². The monoisotopic (exact) mass is 325 g/mol. The van der Waals surface area contributed by atoms with E-state index in [9.17, 15) is 4.79 Å². The zero-order chi connectivity index (χ0) is 16.8. The second-order valence-corrected chi connectivity index (χ2v) is 6.04. The van der Waals surface area contributed by atoms with Gasteiger partial charge in [0.2, 0.25) is 11.8 Å². The summed E-state index contributed by atoms with van der Waals surface area (Å²) < 4.78 is 12.4. The molecule has 1 saturated heterocycles. The second kappa shape index (κ2) is 8.26. The molecular formula is C15H27N5O3. The third kappa shape index (κ3) is 4.42. The van der Waals surface area contributed by atoms with Crippen LogP contribution < -0.4 is 10.2 Å². The Kier molecular flexibility index (Phi) is 6.35. The molecule has 0 bridgehead atoms. The summed E-state index contributed by atoms with van der Waals surface area (Å²) in [4.78, 5) is 14.5. The van der Waals surface area contributed by atoms with Crippen molar-refractivity contribution in [3.63, 3.8) is 0 Å². The summed E-state index contributed by atoms with van der Waals surface area (Å²) in [6.07, 6.45) is 1.95. The molecule has 1 N–H and O–H groups in total. The fraction of sp³-hybridized carbons (Fsp3) is 0.800. The van der Waals surface area contributed by atoms with Crippen molar-refractivity contribution in [1.82, 2.24) is 20.1 Å². The minimum atomic E-state index is -0.196. The molecule has 0 radical (unpaired) electrons. The van der Waals surface area contributed by atoms with E-state index < -0.39 is 0 Å². The number of methoxy groups -OCH3 is 2. The van der Waals surface area contributed by atoms with Crippen molar-refractivity contribution >= 4 is 11.9 Å². The highest BCUT2D eigenvalue weighted by molar-refractivity contribution is 5.91. The molecular weight excluding hydrogens is 298 g/mol. The lowest BCUT2D eigenvalue weighted by molar-refractivity contribution is 0.0926. The molecule has 1 aliphatic heterocycles. The van der Waals surface area contributed by atoms with Gasteiger partial charge in [-0.2, -0.15) is 0 Å². The number of aromatic nitrogens is 3. The number of hydrogen-bond acceptors (Lipinski definition) is 6. The highest BCUT2D eigenvalue weighted by Gasteiger charge is 2.28. The Morgan fingerprint density at radius 3 is 2.78 bits per heavy atom. The molecule has 1 aliphatic rings. The molecule has 0 aliphatic carbocycles. The topological polar surface area (TPSA) is 81.5 Å². The van der Waals surface area contributed by atoms with Crippen LogP contribution in [0.15, 0.2) is 0 Å². The molecule has 0 saturated carbocycles. The van der Waals surface area contributed by atoms with Gasteiger partial charge in [0.1, 0.15) is 0 Å². The molecule has 23 heavy (non-hydrogen) atoms. The molecule has 1 atom stereocenters. The van der Waals surface area contributed by atoms with E-state index in [0.717, 1.165) is 31.9 Å². The summed E-state index contributed by atoms with van der Waals surface area (Å²) >= 11 is 0. The Labute approximate surface area is 137 Å². The van der Waals surface area contributed by atoms with Crippen LogP contribution in [0.25, 0.3) is 0 Å². The number of ether oxygens (including phenoxy) is 2. The summed E-state index contributed by atoms with van der Waals surface area (Å²) in [5.74, 6) is 0.888. The van der Waals surface area contributed by atoms with Gasteiger partial charge in [0.15, 0.2) is 0 Å². The standard InChI is InChI=1S/C15H27N5O3/c1-11(2)16-14(21)13-17-18-15(20(13)7-5-9-22-3)19-8-6-12(10-19)23-4/h11-12H,5-10H2,1-4H3,(H,16,21)/t12-/m1/s1. The van der Waals surface area contributed by atoms with Crippen LogP contribution in [0.4, 0.5) is 5.95 Å². The predicted molar refractivity (Wildman–Crippen MR) is 86.7 cm³/mol. The number of nitrogens with one attached hydrogen (secondary N) is 1. The number of carbonyl (C=O) groups is 1. The zero-order valence-corrected chi connectivity index (χ0v) is 14.4. The lowest BCUT2D eigenvalue weighted by Crippen LogP contribution is -2.33. The quantitative estimate of drug-likeness (QED) is 0.708. The number of carbonyl (C=O) groups excluding carboxylic acids is 1. The van der Waals surface area contributed by atoms with Crippen molar-refractivity contribution in [1.29, 1.82) is 0 Å². The third-order valence-corrected chi connectivity index (χ3v) is 3.85. The van der Waals surface area contributed by atoms with E-state index in [4.69, 9.17) is 9.47 Å². The zero-order valence-electron chi connectivity index (χ0n) is 14.4. The first-order valence-electron chi connectivity index (χ1n) is 8.07. The smallest absolute Gasteiger partial charge is 0.289 e. The van der Waals surface area contributed by atoms with E-state index in [0.29, 0.717) is 19.0 Å². The first-order valence-corrected chi connectivity index (χ1v) is 8.07. The Morgan fingerprint density at radius 1 is 1.39 bits per heavy atom. The van der Waals surface area contributed by atoms with Crippen molar-refractivity contribution < 1.29 is 14.3 Å². The fourth-order valence-corrected chi connectivity index (χ4v) is 2.70. The van der Waals surface area contributed by atoms with Gasteiger partial charge in [-0.05, 0) is 26.7 Å². The number of hydrogen-bond donors (Lipinski definition) is 1. The summed E-state index contributed by atoms with van der Waals surface area (Å²) in [6.45, 7) is 6.74. The van der Waals surface area contributed by atoms with Gasteiger partial charge in [-0.3, -0.25) is 9.36 Å². The largest absolute Gasteiger partial charge is 0.385 e. The number of amides is 1. The average molecular weight is 325 g/mol. The third-order valence-electron chi connectivity index (χ3n) is 3.85. The van der Waals surface area contributed by atoms with Gasteiger partial charge >= 0.3 is 0 Å². The van der Waals surface area contributed by atoms with Crippen molar-refractivity contribution in [3.05, 3.63) is 5.82 Å². The van der Waals surface area contributed by atoms with Crippen LogP contribution >= 0.6 is 0 Å². The first-order chi connectivity index (χ1) is 11.1. The molecule has 1 aromatic heterocycles. The molecule has 0 aromatic carbocycles. The Morgan fingerprint density at radius 2 is 2.17 bits per heavy atom. The second-order valence-electron chi connectivity index (χ2n) is 6.04. The predicted octanol–water partition coefficient (Wildman–Crippen LogP) is 0.678. The fourth-order valence-electron chi connectivity index (χ4n) is 2.70.